The molecule has 0 atom stereocenters. The second-order valence-corrected chi connectivity index (χ2v) is 9.49. The molecule has 42 heavy (non-hydrogen) atoms. The summed E-state index contributed by atoms with van der Waals surface area (Å²) in [5.74, 6) is 1.69. The number of imidazole rings is 2. The van der Waals surface area contributed by atoms with Gasteiger partial charge < -0.3 is 55.8 Å². The van der Waals surface area contributed by atoms with Gasteiger partial charge in [-0.2, -0.15) is 0 Å². The standard InChI is InChI=1S/C31H37N5O2.3ClH.Co/c1-3-5-20-37-22-18-35-28-16-9-7-12-24(28)33-30(35)26-14-11-15-27(32-26)31-34-25-13-8-10-17-29(25)36(31)19-23-38-21-6-4-2;;;;/h7-17H,3-6,18-23H2,1-2H3;3*1H;/q;;;;+3/p-3. The van der Waals surface area contributed by atoms with E-state index in [1.165, 1.54) is 0 Å². The molecule has 2 aromatic carbocycles. The van der Waals surface area contributed by atoms with Crippen molar-refractivity contribution in [3.05, 3.63) is 66.7 Å². The van der Waals surface area contributed by atoms with E-state index >= 15 is 0 Å². The first kappa shape index (κ1) is 37.9. The molecule has 5 rings (SSSR count). The van der Waals surface area contributed by atoms with E-state index in [1.807, 2.05) is 30.3 Å². The summed E-state index contributed by atoms with van der Waals surface area (Å²) in [7, 11) is 0. The van der Waals surface area contributed by atoms with Crippen LogP contribution in [0.1, 0.15) is 39.5 Å². The number of nitrogens with zero attached hydrogens (tertiary/aromatic N) is 5. The van der Waals surface area contributed by atoms with Crippen molar-refractivity contribution in [2.75, 3.05) is 26.4 Å². The summed E-state index contributed by atoms with van der Waals surface area (Å²) in [5.41, 5.74) is 5.74. The molecular formula is C31H37Cl3CoN5O2. The van der Waals surface area contributed by atoms with Crippen molar-refractivity contribution in [2.45, 2.75) is 52.6 Å². The molecule has 228 valence electrons. The van der Waals surface area contributed by atoms with Crippen LogP contribution in [0.5, 0.6) is 0 Å². The number of fused-ring (bicyclic) bond motifs is 2. The Morgan fingerprint density at radius 3 is 1.40 bits per heavy atom. The van der Waals surface area contributed by atoms with E-state index in [2.05, 4.69) is 59.4 Å². The van der Waals surface area contributed by atoms with Crippen LogP contribution in [0.4, 0.5) is 0 Å². The monoisotopic (exact) mass is 675 g/mol. The van der Waals surface area contributed by atoms with Crippen molar-refractivity contribution >= 4 is 22.1 Å². The van der Waals surface area contributed by atoms with Crippen LogP contribution in [-0.4, -0.2) is 50.5 Å². The third-order valence-corrected chi connectivity index (χ3v) is 6.72. The summed E-state index contributed by atoms with van der Waals surface area (Å²) in [6.07, 6.45) is 4.41. The Labute approximate surface area is 277 Å². The van der Waals surface area contributed by atoms with E-state index in [1.54, 1.807) is 0 Å². The predicted octanol–water partition coefficient (Wildman–Crippen LogP) is -2.24. The van der Waals surface area contributed by atoms with Crippen molar-refractivity contribution in [2.24, 2.45) is 0 Å². The molecule has 3 aromatic heterocycles. The first-order valence-electron chi connectivity index (χ1n) is 13.8. The number of ether oxygens (including phenoxy) is 2. The maximum absolute atomic E-state index is 5.90. The molecule has 0 aliphatic rings. The number of aromatic nitrogens is 5. The molecule has 0 N–H and O–H groups in total. The zero-order valence-electron chi connectivity index (χ0n) is 23.9. The van der Waals surface area contributed by atoms with Gasteiger partial charge in [0.15, 0.2) is 11.6 Å². The van der Waals surface area contributed by atoms with Gasteiger partial charge in [-0.3, -0.25) is 0 Å². The second-order valence-electron chi connectivity index (χ2n) is 9.49. The fraction of sp³-hybridized carbons (Fsp3) is 0.387. The van der Waals surface area contributed by atoms with E-state index < -0.39 is 0 Å². The fourth-order valence-corrected chi connectivity index (χ4v) is 4.69. The van der Waals surface area contributed by atoms with Gasteiger partial charge in [0.2, 0.25) is 0 Å². The van der Waals surface area contributed by atoms with Crippen molar-refractivity contribution in [1.29, 1.82) is 0 Å². The normalized spacial score (nSPS) is 10.5. The Balaban J connectivity index is 0.00000220. The molecule has 5 aromatic rings. The number of hydrogen-bond acceptors (Lipinski definition) is 5. The van der Waals surface area contributed by atoms with Gasteiger partial charge in [-0.1, -0.05) is 57.0 Å². The fourth-order valence-electron chi connectivity index (χ4n) is 4.69. The van der Waals surface area contributed by atoms with E-state index in [4.69, 9.17) is 24.4 Å². The molecular weight excluding hydrogens is 640 g/mol. The Bertz CT molecular complexity index is 1390. The summed E-state index contributed by atoms with van der Waals surface area (Å²) in [6.45, 7) is 8.64. The molecule has 7 nitrogen and oxygen atoms in total. The summed E-state index contributed by atoms with van der Waals surface area (Å²) in [6, 6.07) is 22.6. The molecule has 3 heterocycles. The number of para-hydroxylation sites is 4. The second kappa shape index (κ2) is 19.2. The van der Waals surface area contributed by atoms with E-state index in [-0.39, 0.29) is 54.0 Å². The SMILES string of the molecule is CCCCOCCn1c(-c2cccc(-c3nc4ccccc4n3CCOCCCC)n2)nc2ccccc21.[Cl-].[Cl-].[Cl-].[Co+3]. The predicted molar refractivity (Wildman–Crippen MR) is 153 cm³/mol. The van der Waals surface area contributed by atoms with Gasteiger partial charge in [-0.15, -0.1) is 0 Å². The average Bonchev–Trinajstić information content (AvgIpc) is 3.52. The maximum Gasteiger partial charge on any atom is 3.00 e. The van der Waals surface area contributed by atoms with Gasteiger partial charge in [0.1, 0.15) is 11.4 Å². The van der Waals surface area contributed by atoms with Crippen LogP contribution in [0.3, 0.4) is 0 Å². The summed E-state index contributed by atoms with van der Waals surface area (Å²) >= 11 is 0. The van der Waals surface area contributed by atoms with Crippen LogP contribution in [0.25, 0.3) is 45.1 Å². The first-order chi connectivity index (χ1) is 18.8. The molecule has 11 heteroatoms. The Morgan fingerprint density at radius 1 is 0.548 bits per heavy atom. The number of halogens is 3. The first-order valence-corrected chi connectivity index (χ1v) is 13.8. The van der Waals surface area contributed by atoms with Crippen LogP contribution in [0.2, 0.25) is 0 Å². The molecule has 0 aliphatic heterocycles. The molecule has 0 radical (unpaired) electrons. The van der Waals surface area contributed by atoms with E-state index in [0.717, 1.165) is 97.1 Å². The molecule has 0 aliphatic carbocycles. The number of rotatable bonds is 14. The minimum absolute atomic E-state index is 0. The minimum Gasteiger partial charge on any atom is -1.00 e. The van der Waals surface area contributed by atoms with Crippen LogP contribution >= 0.6 is 0 Å². The van der Waals surface area contributed by atoms with Gasteiger partial charge >= 0.3 is 16.8 Å². The minimum atomic E-state index is 0. The molecule has 0 fully saturated rings. The third kappa shape index (κ3) is 8.92. The van der Waals surface area contributed by atoms with Gasteiger partial charge in [-0.05, 0) is 49.2 Å². The van der Waals surface area contributed by atoms with Crippen LogP contribution in [-0.2, 0) is 39.3 Å². The Hall–Kier alpha value is -2.17. The summed E-state index contributed by atoms with van der Waals surface area (Å²) in [5, 5.41) is 0. The number of benzene rings is 2. The van der Waals surface area contributed by atoms with E-state index in [9.17, 15) is 0 Å². The average molecular weight is 677 g/mol. The third-order valence-electron chi connectivity index (χ3n) is 6.72. The van der Waals surface area contributed by atoms with Crippen molar-refractivity contribution in [3.63, 3.8) is 0 Å². The molecule has 0 saturated heterocycles. The number of hydrogen-bond donors (Lipinski definition) is 0. The number of pyridine rings is 1. The van der Waals surface area contributed by atoms with Crippen molar-refractivity contribution in [3.8, 4) is 23.0 Å². The van der Waals surface area contributed by atoms with Gasteiger partial charge in [0.25, 0.3) is 0 Å². The van der Waals surface area contributed by atoms with Gasteiger partial charge in [0.05, 0.1) is 35.3 Å². The molecule has 0 bridgehead atoms. The Kier molecular flexibility index (Phi) is 17.3. The Morgan fingerprint density at radius 2 is 0.976 bits per heavy atom. The number of unbranched alkanes of at least 4 members (excludes halogenated alkanes) is 2. The molecule has 0 unspecified atom stereocenters. The topological polar surface area (TPSA) is 67.0 Å². The van der Waals surface area contributed by atoms with Crippen molar-refractivity contribution in [1.82, 2.24) is 24.1 Å². The van der Waals surface area contributed by atoms with Crippen molar-refractivity contribution < 1.29 is 63.5 Å². The maximum atomic E-state index is 5.90. The smallest absolute Gasteiger partial charge is 1.00 e. The van der Waals surface area contributed by atoms with Crippen LogP contribution < -0.4 is 37.2 Å². The summed E-state index contributed by atoms with van der Waals surface area (Å²) in [4.78, 5) is 15.0. The quantitative estimate of drug-likeness (QED) is 0.125. The summed E-state index contributed by atoms with van der Waals surface area (Å²) < 4.78 is 16.2. The van der Waals surface area contributed by atoms with Gasteiger partial charge in [-0.25, -0.2) is 15.0 Å². The van der Waals surface area contributed by atoms with E-state index in [0.29, 0.717) is 13.2 Å². The molecule has 0 spiro atoms. The molecule has 0 saturated carbocycles. The largest absolute Gasteiger partial charge is 3.00 e. The zero-order valence-corrected chi connectivity index (χ0v) is 27.3. The zero-order chi connectivity index (χ0) is 26.2. The van der Waals surface area contributed by atoms with Crippen LogP contribution in [0, 0.1) is 0 Å². The van der Waals surface area contributed by atoms with Gasteiger partial charge in [0, 0.05) is 26.3 Å². The van der Waals surface area contributed by atoms with Crippen LogP contribution in [0.15, 0.2) is 66.7 Å². The molecule has 0 amide bonds.